The van der Waals surface area contributed by atoms with E-state index in [4.69, 9.17) is 13.7 Å². The number of benzene rings is 1. The van der Waals surface area contributed by atoms with Crippen LogP contribution in [0.4, 0.5) is 5.69 Å². The molecule has 1 atom stereocenters. The van der Waals surface area contributed by atoms with Crippen LogP contribution in [0.5, 0.6) is 5.75 Å². The predicted octanol–water partition coefficient (Wildman–Crippen LogP) is 3.79. The van der Waals surface area contributed by atoms with Crippen LogP contribution in [0.2, 0.25) is 0 Å². The number of ether oxygens (including phenoxy) is 1. The molecule has 1 N–H and O–H groups in total. The SMILES string of the molecule is COc1ccccc1NC(=O)[C@H]1CCCN(S(=O)(=O)c2c(C)noc2/C=C/c2ccco2)C1. The van der Waals surface area contributed by atoms with Gasteiger partial charge in [0.1, 0.15) is 17.2 Å². The smallest absolute Gasteiger partial charge is 0.248 e. The zero-order chi connectivity index (χ0) is 23.4. The van der Waals surface area contributed by atoms with Crippen LogP contribution < -0.4 is 10.1 Å². The number of para-hydroxylation sites is 2. The lowest BCUT2D eigenvalue weighted by molar-refractivity contribution is -0.120. The molecule has 3 aromatic rings. The van der Waals surface area contributed by atoms with Gasteiger partial charge in [0, 0.05) is 13.1 Å². The molecule has 0 aliphatic carbocycles. The van der Waals surface area contributed by atoms with Gasteiger partial charge in [-0.15, -0.1) is 0 Å². The van der Waals surface area contributed by atoms with E-state index in [9.17, 15) is 13.2 Å². The number of rotatable bonds is 7. The first-order chi connectivity index (χ1) is 15.9. The summed E-state index contributed by atoms with van der Waals surface area (Å²) in [6.07, 6.45) is 5.79. The summed E-state index contributed by atoms with van der Waals surface area (Å²) in [7, 11) is -2.41. The number of piperidine rings is 1. The van der Waals surface area contributed by atoms with Gasteiger partial charge in [0.25, 0.3) is 0 Å². The number of furan rings is 1. The maximum absolute atomic E-state index is 13.5. The Bertz CT molecular complexity index is 1250. The standard InChI is InChI=1S/C23H25N3O6S/c1-16-22(21(32-25-16)12-11-18-8-6-14-31-18)33(28,29)26-13-5-7-17(15-26)23(27)24-19-9-3-4-10-20(19)30-2/h3-4,6,8-12,14,17H,5,7,13,15H2,1-2H3,(H,24,27)/b12-11+/t17-/m0/s1. The van der Waals surface area contributed by atoms with Crippen molar-refractivity contribution >= 4 is 33.8 Å². The summed E-state index contributed by atoms with van der Waals surface area (Å²) in [5.74, 6) is 0.460. The molecule has 1 aliphatic heterocycles. The second-order valence-corrected chi connectivity index (χ2v) is 9.58. The summed E-state index contributed by atoms with van der Waals surface area (Å²) >= 11 is 0. The minimum absolute atomic E-state index is 0.00362. The molecule has 0 unspecified atom stereocenters. The lowest BCUT2D eigenvalue weighted by atomic mass is 9.98. The van der Waals surface area contributed by atoms with E-state index in [1.807, 2.05) is 6.07 Å². The van der Waals surface area contributed by atoms with E-state index in [-0.39, 0.29) is 28.8 Å². The molecule has 174 valence electrons. The third-order valence-corrected chi connectivity index (χ3v) is 7.52. The molecule has 4 rings (SSSR count). The predicted molar refractivity (Wildman–Crippen MR) is 122 cm³/mol. The van der Waals surface area contributed by atoms with E-state index >= 15 is 0 Å². The number of amides is 1. The number of aryl methyl sites for hydroxylation is 1. The maximum atomic E-state index is 13.5. The third kappa shape index (κ3) is 4.86. The Labute approximate surface area is 192 Å². The van der Waals surface area contributed by atoms with Crippen LogP contribution in [-0.4, -0.2) is 44.0 Å². The van der Waals surface area contributed by atoms with Crippen molar-refractivity contribution < 1.29 is 26.9 Å². The Hall–Kier alpha value is -3.37. The summed E-state index contributed by atoms with van der Waals surface area (Å²) < 4.78 is 44.1. The minimum atomic E-state index is -3.93. The van der Waals surface area contributed by atoms with Crippen LogP contribution in [0.25, 0.3) is 12.2 Å². The first-order valence-corrected chi connectivity index (χ1v) is 12.0. The Morgan fingerprint density at radius 1 is 1.24 bits per heavy atom. The number of nitrogens with zero attached hydrogens (tertiary/aromatic N) is 2. The van der Waals surface area contributed by atoms with E-state index in [0.717, 1.165) is 0 Å². The summed E-state index contributed by atoms with van der Waals surface area (Å²) in [4.78, 5) is 12.9. The molecule has 1 saturated heterocycles. The summed E-state index contributed by atoms with van der Waals surface area (Å²) in [5.41, 5.74) is 0.805. The van der Waals surface area contributed by atoms with Gasteiger partial charge < -0.3 is 19.0 Å². The van der Waals surface area contributed by atoms with Crippen molar-refractivity contribution in [1.82, 2.24) is 9.46 Å². The molecule has 33 heavy (non-hydrogen) atoms. The summed E-state index contributed by atoms with van der Waals surface area (Å²) in [5, 5.41) is 6.71. The zero-order valence-electron chi connectivity index (χ0n) is 18.4. The quantitative estimate of drug-likeness (QED) is 0.557. The lowest BCUT2D eigenvalue weighted by Gasteiger charge is -2.31. The number of hydrogen-bond acceptors (Lipinski definition) is 7. The second kappa shape index (κ2) is 9.63. The van der Waals surface area contributed by atoms with Crippen LogP contribution in [0.15, 0.2) is 56.5 Å². The van der Waals surface area contributed by atoms with Gasteiger partial charge in [0.05, 0.1) is 25.0 Å². The number of nitrogens with one attached hydrogen (secondary N) is 1. The molecule has 3 heterocycles. The molecule has 0 radical (unpaired) electrons. The summed E-state index contributed by atoms with van der Waals surface area (Å²) in [6, 6.07) is 10.6. The molecule has 2 aromatic heterocycles. The number of methoxy groups -OCH3 is 1. The van der Waals surface area contributed by atoms with Crippen LogP contribution in [0, 0.1) is 12.8 Å². The fourth-order valence-corrected chi connectivity index (χ4v) is 5.60. The molecule has 1 amide bonds. The van der Waals surface area contributed by atoms with Gasteiger partial charge in [-0.25, -0.2) is 8.42 Å². The van der Waals surface area contributed by atoms with Crippen molar-refractivity contribution in [2.45, 2.75) is 24.7 Å². The van der Waals surface area contributed by atoms with Gasteiger partial charge in [-0.3, -0.25) is 4.79 Å². The molecular formula is C23H25N3O6S. The van der Waals surface area contributed by atoms with Gasteiger partial charge in [-0.05, 0) is 56.2 Å². The average Bonchev–Trinajstić information content (AvgIpc) is 3.47. The van der Waals surface area contributed by atoms with E-state index < -0.39 is 15.9 Å². The number of carbonyl (C=O) groups excluding carboxylic acids is 1. The molecule has 10 heteroatoms. The molecule has 9 nitrogen and oxygen atoms in total. The largest absolute Gasteiger partial charge is 0.495 e. The van der Waals surface area contributed by atoms with Crippen molar-refractivity contribution in [1.29, 1.82) is 0 Å². The number of sulfonamides is 1. The minimum Gasteiger partial charge on any atom is -0.495 e. The van der Waals surface area contributed by atoms with E-state index in [1.165, 1.54) is 23.8 Å². The average molecular weight is 472 g/mol. The van der Waals surface area contributed by atoms with Gasteiger partial charge in [0.2, 0.25) is 15.9 Å². The first kappa shape index (κ1) is 22.8. The Morgan fingerprint density at radius 3 is 2.82 bits per heavy atom. The Kier molecular flexibility index (Phi) is 6.66. The fourth-order valence-electron chi connectivity index (χ4n) is 3.83. The van der Waals surface area contributed by atoms with Gasteiger partial charge in [0.15, 0.2) is 10.7 Å². The van der Waals surface area contributed by atoms with Crippen LogP contribution in [0.1, 0.15) is 30.1 Å². The van der Waals surface area contributed by atoms with Crippen LogP contribution in [0.3, 0.4) is 0 Å². The molecule has 1 aromatic carbocycles. The monoisotopic (exact) mass is 471 g/mol. The van der Waals surface area contributed by atoms with Gasteiger partial charge in [-0.2, -0.15) is 4.31 Å². The van der Waals surface area contributed by atoms with Crippen molar-refractivity contribution in [3.63, 3.8) is 0 Å². The Morgan fingerprint density at radius 2 is 2.06 bits per heavy atom. The zero-order valence-corrected chi connectivity index (χ0v) is 19.2. The molecule has 0 spiro atoms. The van der Waals surface area contributed by atoms with E-state index in [2.05, 4.69) is 10.5 Å². The number of hydrogen-bond donors (Lipinski definition) is 1. The highest BCUT2D eigenvalue weighted by molar-refractivity contribution is 7.89. The van der Waals surface area contributed by atoms with Crippen molar-refractivity contribution in [3.05, 3.63) is 59.9 Å². The highest BCUT2D eigenvalue weighted by Crippen LogP contribution is 2.30. The number of aromatic nitrogens is 1. The lowest BCUT2D eigenvalue weighted by Crippen LogP contribution is -2.43. The maximum Gasteiger partial charge on any atom is 0.248 e. The molecule has 0 bridgehead atoms. The molecule has 1 aliphatic rings. The molecular weight excluding hydrogens is 446 g/mol. The third-order valence-electron chi connectivity index (χ3n) is 5.49. The second-order valence-electron chi connectivity index (χ2n) is 7.70. The highest BCUT2D eigenvalue weighted by atomic mass is 32.2. The highest BCUT2D eigenvalue weighted by Gasteiger charge is 2.37. The Balaban J connectivity index is 1.53. The van der Waals surface area contributed by atoms with Crippen molar-refractivity contribution in [2.24, 2.45) is 5.92 Å². The van der Waals surface area contributed by atoms with Crippen molar-refractivity contribution in [2.75, 3.05) is 25.5 Å². The van der Waals surface area contributed by atoms with Crippen LogP contribution in [-0.2, 0) is 14.8 Å². The molecule has 0 saturated carbocycles. The fraction of sp³-hybridized carbons (Fsp3) is 0.304. The number of carbonyl (C=O) groups is 1. The molecule has 1 fully saturated rings. The van der Waals surface area contributed by atoms with Gasteiger partial charge >= 0.3 is 0 Å². The topological polar surface area (TPSA) is 115 Å². The van der Waals surface area contributed by atoms with Crippen LogP contribution >= 0.6 is 0 Å². The first-order valence-electron chi connectivity index (χ1n) is 10.5. The van der Waals surface area contributed by atoms with E-state index in [1.54, 1.807) is 43.3 Å². The van der Waals surface area contributed by atoms with E-state index in [0.29, 0.717) is 36.6 Å². The van der Waals surface area contributed by atoms with Gasteiger partial charge in [-0.1, -0.05) is 17.3 Å². The number of anilines is 1. The van der Waals surface area contributed by atoms with Crippen molar-refractivity contribution in [3.8, 4) is 5.75 Å². The normalized spacial score (nSPS) is 17.3. The summed E-state index contributed by atoms with van der Waals surface area (Å²) in [6.45, 7) is 1.96.